The van der Waals surface area contributed by atoms with Crippen LogP contribution in [0.2, 0.25) is 0 Å². The minimum Gasteiger partial charge on any atom is -0.444 e. The maximum absolute atomic E-state index is 12.9. The van der Waals surface area contributed by atoms with E-state index >= 15 is 0 Å². The van der Waals surface area contributed by atoms with Crippen LogP contribution in [0.5, 0.6) is 0 Å². The van der Waals surface area contributed by atoms with Gasteiger partial charge in [0.2, 0.25) is 5.91 Å². The molecule has 1 rings (SSSR count). The Morgan fingerprint density at radius 3 is 2.22 bits per heavy atom. The molecule has 0 aliphatic carbocycles. The van der Waals surface area contributed by atoms with E-state index in [-0.39, 0.29) is 17.9 Å². The zero-order chi connectivity index (χ0) is 24.5. The SMILES string of the molecule is C/C=C\c1cc(CN(CCCN(CC(C)C)C(=O)OC(C)(C)C)C(=O)C(C)C)ccc1C. The van der Waals surface area contributed by atoms with E-state index in [1.165, 1.54) is 11.1 Å². The second kappa shape index (κ2) is 12.7. The molecule has 0 N–H and O–H groups in total. The molecule has 0 fully saturated rings. The van der Waals surface area contributed by atoms with Gasteiger partial charge in [0.05, 0.1) is 0 Å². The Morgan fingerprint density at radius 2 is 1.69 bits per heavy atom. The standard InChI is InChI=1S/C27H44N2O3/c1-10-12-24-17-23(14-13-22(24)6)19-28(25(30)21(4)5)15-11-16-29(18-20(2)3)26(31)32-27(7,8)9/h10,12-14,17,20-21H,11,15-16,18-19H2,1-9H3/b12-10-. The lowest BCUT2D eigenvalue weighted by atomic mass is 10.0. The van der Waals surface area contributed by atoms with Crippen LogP contribution in [0.15, 0.2) is 24.3 Å². The number of carbonyl (C=O) groups is 2. The van der Waals surface area contributed by atoms with Crippen molar-refractivity contribution in [1.29, 1.82) is 0 Å². The predicted octanol–water partition coefficient (Wildman–Crippen LogP) is 6.30. The fourth-order valence-electron chi connectivity index (χ4n) is 3.48. The lowest BCUT2D eigenvalue weighted by Gasteiger charge is -2.30. The van der Waals surface area contributed by atoms with Crippen molar-refractivity contribution < 1.29 is 14.3 Å². The van der Waals surface area contributed by atoms with Gasteiger partial charge < -0.3 is 14.5 Å². The minimum absolute atomic E-state index is 0.0759. The van der Waals surface area contributed by atoms with Crippen molar-refractivity contribution in [2.24, 2.45) is 11.8 Å². The smallest absolute Gasteiger partial charge is 0.410 e. The van der Waals surface area contributed by atoms with E-state index in [1.54, 1.807) is 4.90 Å². The zero-order valence-corrected chi connectivity index (χ0v) is 21.7. The first-order chi connectivity index (χ1) is 14.8. The van der Waals surface area contributed by atoms with Gasteiger partial charge >= 0.3 is 6.09 Å². The summed E-state index contributed by atoms with van der Waals surface area (Å²) >= 11 is 0. The summed E-state index contributed by atoms with van der Waals surface area (Å²) in [5, 5.41) is 0. The van der Waals surface area contributed by atoms with Crippen LogP contribution in [0.25, 0.3) is 6.08 Å². The highest BCUT2D eigenvalue weighted by Gasteiger charge is 2.23. The number of allylic oxidation sites excluding steroid dienone is 1. The summed E-state index contributed by atoms with van der Waals surface area (Å²) in [5.74, 6) is 0.396. The van der Waals surface area contributed by atoms with Gasteiger partial charge in [0.25, 0.3) is 0 Å². The molecular weight excluding hydrogens is 400 g/mol. The maximum atomic E-state index is 12.9. The monoisotopic (exact) mass is 444 g/mol. The summed E-state index contributed by atoms with van der Waals surface area (Å²) in [6.45, 7) is 20.1. The molecule has 0 aromatic heterocycles. The van der Waals surface area contributed by atoms with Gasteiger partial charge in [-0.1, -0.05) is 52.0 Å². The Kier molecular flexibility index (Phi) is 11.0. The minimum atomic E-state index is -0.526. The van der Waals surface area contributed by atoms with Crippen LogP contribution in [0.4, 0.5) is 4.79 Å². The molecule has 0 aliphatic rings. The van der Waals surface area contributed by atoms with Crippen molar-refractivity contribution in [2.45, 2.75) is 80.9 Å². The van der Waals surface area contributed by atoms with Gasteiger partial charge in [0, 0.05) is 32.1 Å². The van der Waals surface area contributed by atoms with E-state index < -0.39 is 5.60 Å². The van der Waals surface area contributed by atoms with Crippen LogP contribution < -0.4 is 0 Å². The van der Waals surface area contributed by atoms with Crippen molar-refractivity contribution in [3.63, 3.8) is 0 Å². The summed E-state index contributed by atoms with van der Waals surface area (Å²) in [6.07, 6.45) is 4.54. The summed E-state index contributed by atoms with van der Waals surface area (Å²) in [7, 11) is 0. The molecular formula is C27H44N2O3. The number of nitrogens with zero attached hydrogens (tertiary/aromatic N) is 2. The Balaban J connectivity index is 2.91. The Hall–Kier alpha value is -2.30. The van der Waals surface area contributed by atoms with E-state index in [1.807, 2.05) is 52.5 Å². The molecule has 0 atom stereocenters. The van der Waals surface area contributed by atoms with Gasteiger partial charge in [-0.3, -0.25) is 4.79 Å². The van der Waals surface area contributed by atoms with E-state index in [9.17, 15) is 9.59 Å². The Morgan fingerprint density at radius 1 is 1.06 bits per heavy atom. The van der Waals surface area contributed by atoms with Crippen LogP contribution in [0, 0.1) is 18.8 Å². The highest BCUT2D eigenvalue weighted by atomic mass is 16.6. The number of carbonyl (C=O) groups excluding carboxylic acids is 2. The fraction of sp³-hybridized carbons (Fsp3) is 0.630. The number of hydrogen-bond donors (Lipinski definition) is 0. The summed E-state index contributed by atoms with van der Waals surface area (Å²) in [5.41, 5.74) is 2.98. The van der Waals surface area contributed by atoms with Crippen LogP contribution >= 0.6 is 0 Å². The summed E-state index contributed by atoms with van der Waals surface area (Å²) in [4.78, 5) is 29.2. The molecule has 0 saturated carbocycles. The number of ether oxygens (including phenoxy) is 1. The Bertz CT molecular complexity index is 776. The molecule has 2 amide bonds. The second-order valence-corrected chi connectivity index (χ2v) is 10.3. The largest absolute Gasteiger partial charge is 0.444 e. The van der Waals surface area contributed by atoms with E-state index in [0.29, 0.717) is 38.5 Å². The third-order valence-corrected chi connectivity index (χ3v) is 4.96. The maximum Gasteiger partial charge on any atom is 0.410 e. The van der Waals surface area contributed by atoms with Crippen molar-refractivity contribution in [3.05, 3.63) is 41.0 Å². The third kappa shape index (κ3) is 9.88. The predicted molar refractivity (Wildman–Crippen MR) is 133 cm³/mol. The molecule has 0 aliphatic heterocycles. The van der Waals surface area contributed by atoms with Crippen molar-refractivity contribution in [1.82, 2.24) is 9.80 Å². The van der Waals surface area contributed by atoms with Gasteiger partial charge in [-0.15, -0.1) is 0 Å². The molecule has 0 radical (unpaired) electrons. The molecule has 0 saturated heterocycles. The highest BCUT2D eigenvalue weighted by molar-refractivity contribution is 5.78. The quantitative estimate of drug-likeness (QED) is 0.426. The molecule has 180 valence electrons. The molecule has 0 heterocycles. The first-order valence-electron chi connectivity index (χ1n) is 11.8. The van der Waals surface area contributed by atoms with Crippen molar-refractivity contribution in [3.8, 4) is 0 Å². The number of rotatable bonds is 10. The van der Waals surface area contributed by atoms with Crippen molar-refractivity contribution in [2.75, 3.05) is 19.6 Å². The second-order valence-electron chi connectivity index (χ2n) is 10.3. The van der Waals surface area contributed by atoms with Crippen molar-refractivity contribution >= 4 is 18.1 Å². The van der Waals surface area contributed by atoms with Crippen LogP contribution in [-0.4, -0.2) is 47.0 Å². The normalized spacial score (nSPS) is 12.0. The Labute approximate surface area is 195 Å². The molecule has 1 aromatic carbocycles. The molecule has 5 heteroatoms. The summed E-state index contributed by atoms with van der Waals surface area (Å²) in [6, 6.07) is 6.35. The lowest BCUT2D eigenvalue weighted by Crippen LogP contribution is -2.41. The van der Waals surface area contributed by atoms with Crippen LogP contribution in [0.1, 0.15) is 78.5 Å². The first-order valence-corrected chi connectivity index (χ1v) is 11.8. The first kappa shape index (κ1) is 27.7. The van der Waals surface area contributed by atoms with E-state index in [2.05, 4.69) is 45.0 Å². The topological polar surface area (TPSA) is 49.9 Å². The van der Waals surface area contributed by atoms with E-state index in [0.717, 1.165) is 5.56 Å². The summed E-state index contributed by atoms with van der Waals surface area (Å²) < 4.78 is 5.59. The van der Waals surface area contributed by atoms with Crippen LogP contribution in [-0.2, 0) is 16.1 Å². The van der Waals surface area contributed by atoms with E-state index in [4.69, 9.17) is 4.74 Å². The number of benzene rings is 1. The third-order valence-electron chi connectivity index (χ3n) is 4.96. The van der Waals surface area contributed by atoms with Crippen LogP contribution in [0.3, 0.4) is 0 Å². The number of aryl methyl sites for hydroxylation is 1. The molecule has 32 heavy (non-hydrogen) atoms. The molecule has 0 bridgehead atoms. The lowest BCUT2D eigenvalue weighted by molar-refractivity contribution is -0.135. The molecule has 1 aromatic rings. The van der Waals surface area contributed by atoms with Gasteiger partial charge in [-0.05, 0) is 69.7 Å². The number of amides is 2. The number of hydrogen-bond acceptors (Lipinski definition) is 3. The van der Waals surface area contributed by atoms with Gasteiger partial charge in [0.15, 0.2) is 0 Å². The fourth-order valence-corrected chi connectivity index (χ4v) is 3.48. The molecule has 5 nitrogen and oxygen atoms in total. The zero-order valence-electron chi connectivity index (χ0n) is 21.7. The molecule has 0 spiro atoms. The van der Waals surface area contributed by atoms with Gasteiger partial charge in [-0.25, -0.2) is 4.79 Å². The average Bonchev–Trinajstić information content (AvgIpc) is 2.66. The highest BCUT2D eigenvalue weighted by Crippen LogP contribution is 2.17. The molecule has 0 unspecified atom stereocenters. The van der Waals surface area contributed by atoms with Gasteiger partial charge in [-0.2, -0.15) is 0 Å². The average molecular weight is 445 g/mol. The van der Waals surface area contributed by atoms with Gasteiger partial charge in [0.1, 0.15) is 5.60 Å².